The molecule has 0 fully saturated rings. The van der Waals surface area contributed by atoms with Crippen LogP contribution >= 0.6 is 11.6 Å². The van der Waals surface area contributed by atoms with Gasteiger partial charge in [-0.3, -0.25) is 4.79 Å². The van der Waals surface area contributed by atoms with Crippen LogP contribution in [0.4, 0.5) is 0 Å². The Morgan fingerprint density at radius 1 is 1.50 bits per heavy atom. The van der Waals surface area contributed by atoms with Crippen LogP contribution in [-0.2, 0) is 6.42 Å². The van der Waals surface area contributed by atoms with Crippen LogP contribution in [0.15, 0.2) is 12.1 Å². The fraction of sp³-hybridized carbons (Fsp3) is 0.364. The van der Waals surface area contributed by atoms with Crippen LogP contribution in [-0.4, -0.2) is 13.4 Å². The van der Waals surface area contributed by atoms with E-state index in [1.807, 2.05) is 6.07 Å². The number of hydrogen-bond donors (Lipinski definition) is 0. The first-order valence-corrected chi connectivity index (χ1v) is 4.92. The summed E-state index contributed by atoms with van der Waals surface area (Å²) >= 11 is 5.94. The van der Waals surface area contributed by atoms with Crippen LogP contribution in [0, 0.1) is 0 Å². The third kappa shape index (κ3) is 2.26. The van der Waals surface area contributed by atoms with E-state index in [-0.39, 0.29) is 0 Å². The molecular weight excluding hydrogens is 200 g/mol. The molecule has 1 rings (SSSR count). The van der Waals surface area contributed by atoms with E-state index >= 15 is 0 Å². The van der Waals surface area contributed by atoms with Gasteiger partial charge in [0.25, 0.3) is 0 Å². The van der Waals surface area contributed by atoms with Crippen molar-refractivity contribution in [2.75, 3.05) is 7.11 Å². The predicted molar refractivity (Wildman–Crippen MR) is 57.4 cm³/mol. The first-order chi connectivity index (χ1) is 6.72. The molecule has 14 heavy (non-hydrogen) atoms. The Morgan fingerprint density at radius 3 is 2.71 bits per heavy atom. The first kappa shape index (κ1) is 11.1. The highest BCUT2D eigenvalue weighted by molar-refractivity contribution is 6.33. The molecule has 0 aliphatic carbocycles. The molecule has 0 aromatic heterocycles. The van der Waals surface area contributed by atoms with Crippen LogP contribution in [0.1, 0.15) is 29.3 Å². The second-order valence-corrected chi connectivity index (χ2v) is 3.46. The molecule has 0 aliphatic rings. The van der Waals surface area contributed by atoms with E-state index in [0.29, 0.717) is 16.3 Å². The lowest BCUT2D eigenvalue weighted by Crippen LogP contribution is -1.95. The molecule has 0 heterocycles. The first-order valence-electron chi connectivity index (χ1n) is 4.54. The number of carbonyl (C=O) groups excluding carboxylic acids is 1. The summed E-state index contributed by atoms with van der Waals surface area (Å²) in [7, 11) is 1.59. The van der Waals surface area contributed by atoms with Gasteiger partial charge < -0.3 is 4.74 Å². The molecule has 2 nitrogen and oxygen atoms in total. The Kier molecular flexibility index (Phi) is 3.96. The molecule has 0 N–H and O–H groups in total. The van der Waals surface area contributed by atoms with Gasteiger partial charge in [-0.2, -0.15) is 0 Å². The fourth-order valence-corrected chi connectivity index (χ4v) is 1.65. The number of aldehydes is 1. The number of ether oxygens (including phenoxy) is 1. The zero-order chi connectivity index (χ0) is 10.6. The molecule has 3 heteroatoms. The van der Waals surface area contributed by atoms with Crippen molar-refractivity contribution in [1.29, 1.82) is 0 Å². The largest absolute Gasteiger partial charge is 0.497 e. The minimum Gasteiger partial charge on any atom is -0.497 e. The number of rotatable bonds is 4. The Balaban J connectivity index is 3.20. The number of carbonyl (C=O) groups is 1. The van der Waals surface area contributed by atoms with E-state index in [1.165, 1.54) is 0 Å². The Bertz CT molecular complexity index is 334. The summed E-state index contributed by atoms with van der Waals surface area (Å²) in [6.45, 7) is 2.06. The maximum atomic E-state index is 10.8. The van der Waals surface area contributed by atoms with Gasteiger partial charge in [-0.1, -0.05) is 24.9 Å². The Labute approximate surface area is 88.8 Å². The van der Waals surface area contributed by atoms with Crippen LogP contribution < -0.4 is 4.74 Å². The summed E-state index contributed by atoms with van der Waals surface area (Å²) in [6, 6.07) is 3.52. The molecule has 0 spiro atoms. The number of methoxy groups -OCH3 is 1. The molecule has 0 saturated carbocycles. The monoisotopic (exact) mass is 212 g/mol. The van der Waals surface area contributed by atoms with Crippen molar-refractivity contribution in [3.8, 4) is 5.75 Å². The molecule has 0 atom stereocenters. The third-order valence-electron chi connectivity index (χ3n) is 2.06. The summed E-state index contributed by atoms with van der Waals surface area (Å²) in [5.74, 6) is 0.698. The van der Waals surface area contributed by atoms with Crippen molar-refractivity contribution >= 4 is 17.9 Å². The molecule has 0 radical (unpaired) electrons. The van der Waals surface area contributed by atoms with E-state index < -0.39 is 0 Å². The number of aryl methyl sites for hydroxylation is 1. The van der Waals surface area contributed by atoms with Crippen molar-refractivity contribution in [3.63, 3.8) is 0 Å². The van der Waals surface area contributed by atoms with Crippen LogP contribution in [0.3, 0.4) is 0 Å². The van der Waals surface area contributed by atoms with Gasteiger partial charge in [0.05, 0.1) is 12.1 Å². The second kappa shape index (κ2) is 5.01. The lowest BCUT2D eigenvalue weighted by atomic mass is 10.0. The van der Waals surface area contributed by atoms with E-state index in [1.54, 1.807) is 13.2 Å². The molecule has 76 valence electrons. The molecule has 0 saturated heterocycles. The average molecular weight is 213 g/mol. The molecular formula is C11H13ClO2. The summed E-state index contributed by atoms with van der Waals surface area (Å²) < 4.78 is 5.08. The zero-order valence-electron chi connectivity index (χ0n) is 8.34. The maximum Gasteiger partial charge on any atom is 0.151 e. The van der Waals surface area contributed by atoms with Gasteiger partial charge in [-0.25, -0.2) is 0 Å². The SMILES string of the molecule is CCCc1cc(OC)cc(Cl)c1C=O. The normalized spacial score (nSPS) is 9.93. The Morgan fingerprint density at radius 2 is 2.21 bits per heavy atom. The van der Waals surface area contributed by atoms with Crippen molar-refractivity contribution in [2.24, 2.45) is 0 Å². The van der Waals surface area contributed by atoms with E-state index in [0.717, 1.165) is 24.7 Å². The molecule has 0 bridgehead atoms. The van der Waals surface area contributed by atoms with Gasteiger partial charge in [0.1, 0.15) is 5.75 Å². The topological polar surface area (TPSA) is 26.3 Å². The van der Waals surface area contributed by atoms with Crippen molar-refractivity contribution in [2.45, 2.75) is 19.8 Å². The minimum absolute atomic E-state index is 0.461. The highest BCUT2D eigenvalue weighted by Gasteiger charge is 2.08. The lowest BCUT2D eigenvalue weighted by Gasteiger charge is -2.08. The van der Waals surface area contributed by atoms with Crippen molar-refractivity contribution < 1.29 is 9.53 Å². The molecule has 1 aromatic rings. The van der Waals surface area contributed by atoms with Gasteiger partial charge >= 0.3 is 0 Å². The predicted octanol–water partition coefficient (Wildman–Crippen LogP) is 3.11. The number of benzene rings is 1. The standard InChI is InChI=1S/C11H13ClO2/c1-3-4-8-5-9(14-2)6-11(12)10(8)7-13/h5-7H,3-4H2,1-2H3. The van der Waals surface area contributed by atoms with E-state index in [9.17, 15) is 4.79 Å². The smallest absolute Gasteiger partial charge is 0.151 e. The van der Waals surface area contributed by atoms with E-state index in [2.05, 4.69) is 6.92 Å². The molecule has 1 aromatic carbocycles. The van der Waals surface area contributed by atoms with Gasteiger partial charge in [-0.05, 0) is 24.1 Å². The molecule has 0 aliphatic heterocycles. The van der Waals surface area contributed by atoms with E-state index in [4.69, 9.17) is 16.3 Å². The van der Waals surface area contributed by atoms with Gasteiger partial charge in [0.2, 0.25) is 0 Å². The summed E-state index contributed by atoms with van der Waals surface area (Å²) in [4.78, 5) is 10.8. The average Bonchev–Trinajstić information content (AvgIpc) is 2.18. The number of hydrogen-bond acceptors (Lipinski definition) is 2. The fourth-order valence-electron chi connectivity index (χ4n) is 1.37. The maximum absolute atomic E-state index is 10.8. The van der Waals surface area contributed by atoms with Gasteiger partial charge in [-0.15, -0.1) is 0 Å². The van der Waals surface area contributed by atoms with Crippen molar-refractivity contribution in [3.05, 3.63) is 28.3 Å². The second-order valence-electron chi connectivity index (χ2n) is 3.05. The summed E-state index contributed by atoms with van der Waals surface area (Å²) in [5, 5.41) is 0.461. The summed E-state index contributed by atoms with van der Waals surface area (Å²) in [5.41, 5.74) is 1.53. The zero-order valence-corrected chi connectivity index (χ0v) is 9.10. The third-order valence-corrected chi connectivity index (χ3v) is 2.37. The summed E-state index contributed by atoms with van der Waals surface area (Å²) in [6.07, 6.45) is 2.61. The minimum atomic E-state index is 0.461. The molecule has 0 unspecified atom stereocenters. The Hall–Kier alpha value is -1.02. The van der Waals surface area contributed by atoms with Crippen LogP contribution in [0.5, 0.6) is 5.75 Å². The number of halogens is 1. The van der Waals surface area contributed by atoms with Gasteiger partial charge in [0.15, 0.2) is 6.29 Å². The van der Waals surface area contributed by atoms with Crippen molar-refractivity contribution in [1.82, 2.24) is 0 Å². The quantitative estimate of drug-likeness (QED) is 0.717. The van der Waals surface area contributed by atoms with Crippen LogP contribution in [0.25, 0.3) is 0 Å². The van der Waals surface area contributed by atoms with Crippen LogP contribution in [0.2, 0.25) is 5.02 Å². The highest BCUT2D eigenvalue weighted by atomic mass is 35.5. The lowest BCUT2D eigenvalue weighted by molar-refractivity contribution is 0.112. The molecule has 0 amide bonds. The van der Waals surface area contributed by atoms with Gasteiger partial charge in [0, 0.05) is 5.56 Å². The highest BCUT2D eigenvalue weighted by Crippen LogP contribution is 2.26.